The van der Waals surface area contributed by atoms with Crippen LogP contribution in [0.3, 0.4) is 0 Å². The first-order valence-electron chi connectivity index (χ1n) is 4.92. The summed E-state index contributed by atoms with van der Waals surface area (Å²) in [5, 5.41) is 21.7. The third-order valence-electron chi connectivity index (χ3n) is 2.12. The van der Waals surface area contributed by atoms with Crippen LogP contribution < -0.4 is 11.1 Å². The van der Waals surface area contributed by atoms with E-state index in [-0.39, 0.29) is 17.8 Å². The fourth-order valence-corrected chi connectivity index (χ4v) is 1.13. The number of aliphatic hydroxyl groups excluding tert-OH is 1. The fourth-order valence-electron chi connectivity index (χ4n) is 1.13. The van der Waals surface area contributed by atoms with Crippen LogP contribution in [0.15, 0.2) is 24.3 Å². The zero-order valence-electron chi connectivity index (χ0n) is 9.20. The van der Waals surface area contributed by atoms with Crippen molar-refractivity contribution in [3.8, 4) is 0 Å². The number of rotatable bonds is 5. The maximum absolute atomic E-state index is 11.5. The van der Waals surface area contributed by atoms with Gasteiger partial charge in [-0.15, -0.1) is 0 Å². The molecule has 0 aromatic heterocycles. The maximum Gasteiger partial charge on any atom is 0.269 e. The van der Waals surface area contributed by atoms with Gasteiger partial charge in [0.1, 0.15) is 6.10 Å². The van der Waals surface area contributed by atoms with E-state index in [1.165, 1.54) is 24.3 Å². The second-order valence-electron chi connectivity index (χ2n) is 3.43. The van der Waals surface area contributed by atoms with E-state index in [2.05, 4.69) is 5.32 Å². The zero-order chi connectivity index (χ0) is 13.7. The summed E-state index contributed by atoms with van der Waals surface area (Å²) in [6, 6.07) is 4.90. The van der Waals surface area contributed by atoms with Crippen LogP contribution in [-0.2, 0) is 4.79 Å². The second-order valence-corrected chi connectivity index (χ2v) is 3.43. The van der Waals surface area contributed by atoms with Crippen molar-refractivity contribution in [2.24, 2.45) is 5.73 Å². The number of primary amides is 1. The van der Waals surface area contributed by atoms with Gasteiger partial charge >= 0.3 is 0 Å². The summed E-state index contributed by atoms with van der Waals surface area (Å²) in [4.78, 5) is 31.8. The first-order chi connectivity index (χ1) is 8.41. The third kappa shape index (κ3) is 3.52. The van der Waals surface area contributed by atoms with E-state index in [1.54, 1.807) is 0 Å². The second kappa shape index (κ2) is 5.73. The lowest BCUT2D eigenvalue weighted by atomic mass is 10.2. The Morgan fingerprint density at radius 3 is 2.39 bits per heavy atom. The molecule has 8 nitrogen and oxygen atoms in total. The molecule has 1 aromatic rings. The molecule has 0 aliphatic carbocycles. The van der Waals surface area contributed by atoms with Crippen LogP contribution in [0.25, 0.3) is 0 Å². The minimum atomic E-state index is -1.47. The van der Waals surface area contributed by atoms with Crippen LogP contribution in [0.2, 0.25) is 0 Å². The van der Waals surface area contributed by atoms with Crippen LogP contribution in [0.1, 0.15) is 10.4 Å². The van der Waals surface area contributed by atoms with Crippen molar-refractivity contribution in [2.45, 2.75) is 6.10 Å². The van der Waals surface area contributed by atoms with Gasteiger partial charge in [0, 0.05) is 17.7 Å². The summed E-state index contributed by atoms with van der Waals surface area (Å²) in [5.41, 5.74) is 4.84. The number of amides is 2. The van der Waals surface area contributed by atoms with Crippen LogP contribution in [0.5, 0.6) is 0 Å². The van der Waals surface area contributed by atoms with Gasteiger partial charge in [0.25, 0.3) is 11.6 Å². The molecule has 0 saturated carbocycles. The van der Waals surface area contributed by atoms with E-state index >= 15 is 0 Å². The van der Waals surface area contributed by atoms with Crippen molar-refractivity contribution in [1.82, 2.24) is 5.32 Å². The number of nitrogens with two attached hydrogens (primary N) is 1. The number of nitro groups is 1. The smallest absolute Gasteiger partial charge is 0.269 e. The van der Waals surface area contributed by atoms with Crippen molar-refractivity contribution in [3.63, 3.8) is 0 Å². The number of aliphatic hydroxyl groups is 1. The van der Waals surface area contributed by atoms with Gasteiger partial charge in [-0.2, -0.15) is 0 Å². The molecule has 0 bridgehead atoms. The molecule has 1 aromatic carbocycles. The molecule has 96 valence electrons. The van der Waals surface area contributed by atoms with Gasteiger partial charge in [-0.3, -0.25) is 19.7 Å². The SMILES string of the molecule is NC(=O)C(O)CNC(=O)c1ccc([N+](=O)[O-])cc1. The Kier molecular flexibility index (Phi) is 4.33. The van der Waals surface area contributed by atoms with Gasteiger partial charge < -0.3 is 16.2 Å². The van der Waals surface area contributed by atoms with Gasteiger partial charge in [0.15, 0.2) is 0 Å². The lowest BCUT2D eigenvalue weighted by Gasteiger charge is -2.08. The highest BCUT2D eigenvalue weighted by molar-refractivity contribution is 5.94. The van der Waals surface area contributed by atoms with Crippen molar-refractivity contribution in [1.29, 1.82) is 0 Å². The normalized spacial score (nSPS) is 11.6. The average Bonchev–Trinajstić information content (AvgIpc) is 2.35. The Labute approximate surface area is 102 Å². The number of hydrogen-bond acceptors (Lipinski definition) is 5. The first-order valence-corrected chi connectivity index (χ1v) is 4.92. The van der Waals surface area contributed by atoms with E-state index in [1.807, 2.05) is 0 Å². The van der Waals surface area contributed by atoms with Gasteiger partial charge in [0.05, 0.1) is 11.5 Å². The van der Waals surface area contributed by atoms with Crippen molar-refractivity contribution in [2.75, 3.05) is 6.54 Å². The van der Waals surface area contributed by atoms with Crippen LogP contribution in [-0.4, -0.2) is 34.5 Å². The van der Waals surface area contributed by atoms with Crippen LogP contribution in [0.4, 0.5) is 5.69 Å². The summed E-state index contributed by atoms with van der Waals surface area (Å²) in [7, 11) is 0. The number of carbonyl (C=O) groups excluding carboxylic acids is 2. The predicted octanol–water partition coefficient (Wildman–Crippen LogP) is -0.829. The predicted molar refractivity (Wildman–Crippen MR) is 60.6 cm³/mol. The Morgan fingerprint density at radius 1 is 1.39 bits per heavy atom. The van der Waals surface area contributed by atoms with Crippen molar-refractivity contribution < 1.29 is 19.6 Å². The van der Waals surface area contributed by atoms with Crippen LogP contribution in [0, 0.1) is 10.1 Å². The molecular formula is C10H11N3O5. The van der Waals surface area contributed by atoms with Crippen molar-refractivity contribution in [3.05, 3.63) is 39.9 Å². The average molecular weight is 253 g/mol. The van der Waals surface area contributed by atoms with Gasteiger partial charge in [-0.25, -0.2) is 0 Å². The molecule has 1 unspecified atom stereocenters. The van der Waals surface area contributed by atoms with Crippen LogP contribution >= 0.6 is 0 Å². The number of hydrogen-bond donors (Lipinski definition) is 3. The number of nitrogens with one attached hydrogen (secondary N) is 1. The molecule has 1 atom stereocenters. The van der Waals surface area contributed by atoms with Gasteiger partial charge in [0.2, 0.25) is 5.91 Å². The lowest BCUT2D eigenvalue weighted by molar-refractivity contribution is -0.384. The minimum absolute atomic E-state index is 0.135. The van der Waals surface area contributed by atoms with Crippen molar-refractivity contribution >= 4 is 17.5 Å². The molecule has 0 saturated heterocycles. The molecule has 4 N–H and O–H groups in total. The number of nitrogens with zero attached hydrogens (tertiary/aromatic N) is 1. The quantitative estimate of drug-likeness (QED) is 0.465. The van der Waals surface area contributed by atoms with E-state index in [4.69, 9.17) is 10.8 Å². The van der Waals surface area contributed by atoms with E-state index in [0.29, 0.717) is 0 Å². The number of nitro benzene ring substituents is 1. The lowest BCUT2D eigenvalue weighted by Crippen LogP contribution is -2.39. The molecule has 0 spiro atoms. The molecule has 0 aliphatic heterocycles. The Hall–Kier alpha value is -2.48. The molecule has 8 heteroatoms. The third-order valence-corrected chi connectivity index (χ3v) is 2.12. The molecule has 18 heavy (non-hydrogen) atoms. The van der Waals surface area contributed by atoms with Gasteiger partial charge in [-0.1, -0.05) is 0 Å². The Balaban J connectivity index is 2.62. The number of non-ortho nitro benzene ring substituents is 1. The highest BCUT2D eigenvalue weighted by Crippen LogP contribution is 2.11. The minimum Gasteiger partial charge on any atom is -0.381 e. The largest absolute Gasteiger partial charge is 0.381 e. The summed E-state index contributed by atoms with van der Waals surface area (Å²) in [5.74, 6) is -1.51. The standard InChI is InChI=1S/C10H11N3O5/c11-9(15)8(14)5-12-10(16)6-1-3-7(4-2-6)13(17)18/h1-4,8,14H,5H2,(H2,11,15)(H,12,16). The molecule has 0 radical (unpaired) electrons. The summed E-state index contributed by atoms with van der Waals surface area (Å²) >= 11 is 0. The summed E-state index contributed by atoms with van der Waals surface area (Å²) in [6.07, 6.45) is -1.47. The highest BCUT2D eigenvalue weighted by Gasteiger charge is 2.14. The Morgan fingerprint density at radius 2 is 1.94 bits per heavy atom. The van der Waals surface area contributed by atoms with E-state index in [9.17, 15) is 19.7 Å². The number of benzene rings is 1. The van der Waals surface area contributed by atoms with E-state index in [0.717, 1.165) is 0 Å². The van der Waals surface area contributed by atoms with E-state index < -0.39 is 22.8 Å². The molecular weight excluding hydrogens is 242 g/mol. The topological polar surface area (TPSA) is 136 Å². The molecule has 1 rings (SSSR count). The maximum atomic E-state index is 11.5. The summed E-state index contributed by atoms with van der Waals surface area (Å²) in [6.45, 7) is -0.314. The summed E-state index contributed by atoms with van der Waals surface area (Å²) < 4.78 is 0. The molecule has 0 fully saturated rings. The first kappa shape index (κ1) is 13.6. The Bertz CT molecular complexity index is 471. The molecule has 2 amide bonds. The van der Waals surface area contributed by atoms with Gasteiger partial charge in [-0.05, 0) is 12.1 Å². The fraction of sp³-hybridized carbons (Fsp3) is 0.200. The molecule has 0 aliphatic rings. The molecule has 0 heterocycles. The zero-order valence-corrected chi connectivity index (χ0v) is 9.20. The number of carbonyl (C=O) groups is 2. The highest BCUT2D eigenvalue weighted by atomic mass is 16.6. The monoisotopic (exact) mass is 253 g/mol.